The smallest absolute Gasteiger partial charge is 0.349 e. The predicted octanol–water partition coefficient (Wildman–Crippen LogP) is 4.08. The molecule has 4 nitrogen and oxygen atoms in total. The zero-order valence-corrected chi connectivity index (χ0v) is 15.0. The van der Waals surface area contributed by atoms with Gasteiger partial charge in [-0.25, -0.2) is 0 Å². The number of rotatable bonds is 9. The third-order valence-electron chi connectivity index (χ3n) is 3.71. The molecular weight excluding hydrogens is 345 g/mol. The molecule has 7 heteroatoms. The molecule has 0 aliphatic heterocycles. The highest BCUT2D eigenvalue weighted by Crippen LogP contribution is 2.14. The van der Waals surface area contributed by atoms with Crippen molar-refractivity contribution in [3.8, 4) is 0 Å². The molecular formula is C19H25F3N2O2. The fourth-order valence-corrected chi connectivity index (χ4v) is 2.48. The molecule has 2 amide bonds. The quantitative estimate of drug-likeness (QED) is 0.688. The fourth-order valence-electron chi connectivity index (χ4n) is 2.48. The standard InChI is InChI=1S/C19H25F3N2O2/c1-3-7-16(8-4-2)24-17(25)15-11-5-9-14(13-15)10-6-12-23-18(26)19(20,21)22/h5-6,9-11,13,16H,3-4,7-8,12H2,1-2H3,(H,23,26)(H,24,25)/b10-6+. The molecule has 1 rings (SSSR count). The van der Waals surface area contributed by atoms with Crippen molar-refractivity contribution in [2.45, 2.75) is 51.7 Å². The molecule has 0 saturated carbocycles. The van der Waals surface area contributed by atoms with Crippen molar-refractivity contribution in [1.29, 1.82) is 0 Å². The van der Waals surface area contributed by atoms with E-state index in [1.165, 1.54) is 6.08 Å². The van der Waals surface area contributed by atoms with E-state index in [9.17, 15) is 22.8 Å². The molecule has 0 spiro atoms. The summed E-state index contributed by atoms with van der Waals surface area (Å²) >= 11 is 0. The summed E-state index contributed by atoms with van der Waals surface area (Å²) in [6.07, 6.45) is 1.87. The van der Waals surface area contributed by atoms with Crippen molar-refractivity contribution in [3.63, 3.8) is 0 Å². The molecule has 0 aromatic heterocycles. The largest absolute Gasteiger partial charge is 0.471 e. The van der Waals surface area contributed by atoms with Crippen molar-refractivity contribution in [2.24, 2.45) is 0 Å². The van der Waals surface area contributed by atoms with E-state index in [4.69, 9.17) is 0 Å². The van der Waals surface area contributed by atoms with Gasteiger partial charge in [-0.2, -0.15) is 13.2 Å². The molecule has 0 saturated heterocycles. The van der Waals surface area contributed by atoms with Gasteiger partial charge >= 0.3 is 12.1 Å². The van der Waals surface area contributed by atoms with Gasteiger partial charge in [0, 0.05) is 18.2 Å². The Labute approximate surface area is 151 Å². The van der Waals surface area contributed by atoms with Crippen LogP contribution in [0.15, 0.2) is 30.3 Å². The molecule has 0 fully saturated rings. The van der Waals surface area contributed by atoms with Gasteiger partial charge in [-0.3, -0.25) is 9.59 Å². The van der Waals surface area contributed by atoms with Crippen LogP contribution in [-0.2, 0) is 4.79 Å². The third-order valence-corrected chi connectivity index (χ3v) is 3.71. The number of amides is 2. The van der Waals surface area contributed by atoms with Crippen LogP contribution in [0.25, 0.3) is 6.08 Å². The summed E-state index contributed by atoms with van der Waals surface area (Å²) in [5, 5.41) is 4.77. The van der Waals surface area contributed by atoms with E-state index < -0.39 is 12.1 Å². The molecule has 0 atom stereocenters. The Morgan fingerprint density at radius 2 is 1.81 bits per heavy atom. The first kappa shape index (κ1) is 21.7. The average molecular weight is 370 g/mol. The summed E-state index contributed by atoms with van der Waals surface area (Å²) in [6, 6.07) is 6.92. The molecule has 0 bridgehead atoms. The van der Waals surface area contributed by atoms with Gasteiger partial charge in [0.05, 0.1) is 0 Å². The van der Waals surface area contributed by atoms with Crippen molar-refractivity contribution in [2.75, 3.05) is 6.54 Å². The monoisotopic (exact) mass is 370 g/mol. The summed E-state index contributed by atoms with van der Waals surface area (Å²) in [5.74, 6) is -2.15. The van der Waals surface area contributed by atoms with Crippen LogP contribution in [0, 0.1) is 0 Å². The second-order valence-electron chi connectivity index (χ2n) is 5.98. The summed E-state index contributed by atoms with van der Waals surface area (Å²) in [6.45, 7) is 3.89. The number of carbonyl (C=O) groups is 2. The molecule has 0 aliphatic carbocycles. The summed E-state index contributed by atoms with van der Waals surface area (Å²) in [7, 11) is 0. The van der Waals surface area contributed by atoms with Crippen molar-refractivity contribution in [1.82, 2.24) is 10.6 Å². The summed E-state index contributed by atoms with van der Waals surface area (Å²) in [4.78, 5) is 23.1. The van der Waals surface area contributed by atoms with Gasteiger partial charge < -0.3 is 10.6 Å². The Bertz CT molecular complexity index is 621. The highest BCUT2D eigenvalue weighted by Gasteiger charge is 2.37. The van der Waals surface area contributed by atoms with Crippen LogP contribution < -0.4 is 10.6 Å². The van der Waals surface area contributed by atoms with Crippen LogP contribution in [0.2, 0.25) is 0 Å². The van der Waals surface area contributed by atoms with Gasteiger partial charge in [-0.1, -0.05) is 51.0 Å². The normalized spacial score (nSPS) is 11.8. The number of alkyl halides is 3. The average Bonchev–Trinajstić information content (AvgIpc) is 2.58. The van der Waals surface area contributed by atoms with Gasteiger partial charge in [0.15, 0.2) is 0 Å². The number of hydrogen-bond acceptors (Lipinski definition) is 2. The maximum absolute atomic E-state index is 12.4. The minimum absolute atomic E-state index is 0.134. The number of nitrogens with one attached hydrogen (secondary N) is 2. The Morgan fingerprint density at radius 3 is 2.38 bits per heavy atom. The SMILES string of the molecule is CCCC(CCC)NC(=O)c1cccc(/C=C/CNC(=O)C(F)(F)F)c1. The van der Waals surface area contributed by atoms with E-state index in [2.05, 4.69) is 19.2 Å². The van der Waals surface area contributed by atoms with Crippen LogP contribution in [0.4, 0.5) is 13.2 Å². The first-order valence-corrected chi connectivity index (χ1v) is 8.70. The van der Waals surface area contributed by atoms with E-state index >= 15 is 0 Å². The molecule has 0 radical (unpaired) electrons. The molecule has 0 aliphatic rings. The van der Waals surface area contributed by atoms with Crippen LogP contribution in [0.3, 0.4) is 0 Å². The second-order valence-corrected chi connectivity index (χ2v) is 5.98. The Morgan fingerprint density at radius 1 is 1.15 bits per heavy atom. The van der Waals surface area contributed by atoms with Crippen molar-refractivity contribution < 1.29 is 22.8 Å². The second kappa shape index (κ2) is 10.6. The van der Waals surface area contributed by atoms with Gasteiger partial charge in [-0.05, 0) is 30.5 Å². The molecule has 26 heavy (non-hydrogen) atoms. The topological polar surface area (TPSA) is 58.2 Å². The third kappa shape index (κ3) is 7.72. The highest BCUT2D eigenvalue weighted by molar-refractivity contribution is 5.95. The van der Waals surface area contributed by atoms with E-state index in [1.807, 2.05) is 0 Å². The lowest BCUT2D eigenvalue weighted by Crippen LogP contribution is -2.36. The highest BCUT2D eigenvalue weighted by atomic mass is 19.4. The van der Waals surface area contributed by atoms with E-state index in [-0.39, 0.29) is 18.5 Å². The van der Waals surface area contributed by atoms with Crippen molar-refractivity contribution >= 4 is 17.9 Å². The van der Waals surface area contributed by atoms with Crippen LogP contribution in [0.5, 0.6) is 0 Å². The van der Waals surface area contributed by atoms with Crippen LogP contribution >= 0.6 is 0 Å². The first-order chi connectivity index (χ1) is 12.3. The number of benzene rings is 1. The van der Waals surface area contributed by atoms with Crippen LogP contribution in [-0.4, -0.2) is 30.6 Å². The number of halogens is 3. The summed E-state index contributed by atoms with van der Waals surface area (Å²) < 4.78 is 36.2. The first-order valence-electron chi connectivity index (χ1n) is 8.70. The zero-order chi connectivity index (χ0) is 19.6. The van der Waals surface area contributed by atoms with Crippen molar-refractivity contribution in [3.05, 3.63) is 41.5 Å². The van der Waals surface area contributed by atoms with Gasteiger partial charge in [0.1, 0.15) is 0 Å². The molecule has 0 heterocycles. The van der Waals surface area contributed by atoms with E-state index in [0.717, 1.165) is 25.7 Å². The molecule has 144 valence electrons. The number of carbonyl (C=O) groups excluding carboxylic acids is 2. The Balaban J connectivity index is 2.65. The molecule has 0 unspecified atom stereocenters. The minimum atomic E-state index is -4.89. The van der Waals surface area contributed by atoms with E-state index in [1.54, 1.807) is 35.7 Å². The minimum Gasteiger partial charge on any atom is -0.349 e. The predicted molar refractivity (Wildman–Crippen MR) is 95.6 cm³/mol. The Hall–Kier alpha value is -2.31. The maximum Gasteiger partial charge on any atom is 0.471 e. The van der Waals surface area contributed by atoms with E-state index in [0.29, 0.717) is 11.1 Å². The lowest BCUT2D eigenvalue weighted by molar-refractivity contribution is -0.173. The van der Waals surface area contributed by atoms with Gasteiger partial charge in [-0.15, -0.1) is 0 Å². The van der Waals surface area contributed by atoms with Crippen LogP contribution in [0.1, 0.15) is 55.5 Å². The maximum atomic E-state index is 12.4. The van der Waals surface area contributed by atoms with Gasteiger partial charge in [0.2, 0.25) is 0 Å². The fraction of sp³-hybridized carbons (Fsp3) is 0.474. The summed E-state index contributed by atoms with van der Waals surface area (Å²) in [5.41, 5.74) is 1.16. The molecule has 2 N–H and O–H groups in total. The Kier molecular flexibility index (Phi) is 8.88. The molecule has 1 aromatic carbocycles. The van der Waals surface area contributed by atoms with Gasteiger partial charge in [0.25, 0.3) is 5.91 Å². The molecule has 1 aromatic rings. The lowest BCUT2D eigenvalue weighted by Gasteiger charge is -2.17. The number of hydrogen-bond donors (Lipinski definition) is 2. The lowest BCUT2D eigenvalue weighted by atomic mass is 10.1. The zero-order valence-electron chi connectivity index (χ0n) is 15.0.